The van der Waals surface area contributed by atoms with Crippen molar-refractivity contribution in [2.45, 2.75) is 98.9 Å². The summed E-state index contributed by atoms with van der Waals surface area (Å²) < 4.78 is 14.1. The highest BCUT2D eigenvalue weighted by Gasteiger charge is 2.35. The molecular weight excluding hydrogens is 779 g/mol. The number of rotatable bonds is 6. The zero-order valence-electron chi connectivity index (χ0n) is 34.2. The van der Waals surface area contributed by atoms with Gasteiger partial charge < -0.3 is 24.5 Å². The topological polar surface area (TPSA) is 135 Å². The number of allylic oxidation sites excluding steroid dienone is 1. The van der Waals surface area contributed by atoms with Crippen molar-refractivity contribution in [1.82, 2.24) is 25.3 Å². The minimum atomic E-state index is -0.972. The van der Waals surface area contributed by atoms with Gasteiger partial charge in [-0.25, -0.2) is 5.43 Å². The molecule has 310 valence electrons. The summed E-state index contributed by atoms with van der Waals surface area (Å²) in [4.78, 5) is 46.0. The van der Waals surface area contributed by atoms with Crippen LogP contribution in [0.5, 0.6) is 5.75 Å². The first-order chi connectivity index (χ1) is 25.7. The first kappa shape index (κ1) is 47.4. The third-order valence-corrected chi connectivity index (χ3v) is 10.8. The fourth-order valence-corrected chi connectivity index (χ4v) is 7.56. The lowest BCUT2D eigenvalue weighted by Gasteiger charge is -2.35. The summed E-state index contributed by atoms with van der Waals surface area (Å²) in [6.07, 6.45) is 3.33. The summed E-state index contributed by atoms with van der Waals surface area (Å²) in [5, 5.41) is 16.5. The number of hydrogen-bond donors (Lipinski definition) is 3. The average Bonchev–Trinajstić information content (AvgIpc) is 3.46. The number of phenolic OH excluding ortho intramolecular Hbond substituents is 1. The van der Waals surface area contributed by atoms with E-state index in [2.05, 4.69) is 54.3 Å². The second-order valence-electron chi connectivity index (χ2n) is 15.6. The van der Waals surface area contributed by atoms with Crippen molar-refractivity contribution in [3.05, 3.63) is 82.7 Å². The molecule has 0 saturated carbocycles. The minimum absolute atomic E-state index is 0. The van der Waals surface area contributed by atoms with E-state index in [1.165, 1.54) is 5.01 Å². The Morgan fingerprint density at radius 1 is 1.09 bits per heavy atom. The number of fused-ring (bicyclic) bond motifs is 6. The van der Waals surface area contributed by atoms with Gasteiger partial charge in [0.25, 0.3) is 5.91 Å². The molecule has 0 unspecified atom stereocenters. The number of carbonyl (C=O) groups excluding carboxylic acids is 3. The lowest BCUT2D eigenvalue weighted by molar-refractivity contribution is -0.155. The fourth-order valence-electron chi connectivity index (χ4n) is 7.56. The Kier molecular flexibility index (Phi) is 16.4. The number of methoxy groups -OCH3 is 1. The lowest BCUT2D eigenvalue weighted by Crippen LogP contribution is -2.60. The van der Waals surface area contributed by atoms with E-state index in [4.69, 9.17) is 14.5 Å². The Bertz CT molecular complexity index is 2130. The summed E-state index contributed by atoms with van der Waals surface area (Å²) in [6, 6.07) is 14.0. The number of pyridine rings is 1. The molecule has 4 heterocycles. The van der Waals surface area contributed by atoms with Gasteiger partial charge in [0.05, 0.1) is 24.1 Å². The molecule has 6 bridgehead atoms. The molecule has 2 aromatic carbocycles. The van der Waals surface area contributed by atoms with E-state index in [9.17, 15) is 19.5 Å². The van der Waals surface area contributed by atoms with Crippen molar-refractivity contribution < 1.29 is 29.0 Å². The molecule has 0 aliphatic carbocycles. The van der Waals surface area contributed by atoms with E-state index in [0.29, 0.717) is 43.5 Å². The van der Waals surface area contributed by atoms with Gasteiger partial charge in [0.2, 0.25) is 5.91 Å². The van der Waals surface area contributed by atoms with Crippen LogP contribution in [0.25, 0.3) is 33.3 Å². The number of cyclic esters (lactones) is 1. The van der Waals surface area contributed by atoms with Gasteiger partial charge in [0, 0.05) is 60.3 Å². The Balaban J connectivity index is 0.00000290. The molecule has 1 fully saturated rings. The molecule has 3 N–H and O–H groups in total. The number of benzene rings is 2. The number of nitrogens with one attached hydrogen (secondary N) is 2. The first-order valence-corrected chi connectivity index (χ1v) is 18.9. The number of aromatic hydroxyl groups is 1. The molecule has 2 aliphatic heterocycles. The van der Waals surface area contributed by atoms with Crippen LogP contribution in [0.2, 0.25) is 0 Å². The molecular formula is C43H59N5O6S3. The third-order valence-electron chi connectivity index (χ3n) is 10.8. The molecule has 6 rings (SSSR count). The van der Waals surface area contributed by atoms with Crippen LogP contribution in [-0.4, -0.2) is 69.8 Å². The number of hydrazine groups is 1. The van der Waals surface area contributed by atoms with Crippen LogP contribution in [0.15, 0.2) is 65.9 Å². The number of carbonyl (C=O) groups is 3. The zero-order chi connectivity index (χ0) is 38.9. The number of phenols is 1. The number of aryl methyl sites for hydroxylation is 1. The van der Waals surface area contributed by atoms with Gasteiger partial charge in [-0.2, -0.15) is 40.5 Å². The summed E-state index contributed by atoms with van der Waals surface area (Å²) in [5.74, 6) is -1.10. The van der Waals surface area contributed by atoms with E-state index in [1.54, 1.807) is 32.4 Å². The van der Waals surface area contributed by atoms with Crippen LogP contribution in [0.3, 0.4) is 0 Å². The van der Waals surface area contributed by atoms with Crippen LogP contribution >= 0.6 is 40.5 Å². The van der Waals surface area contributed by atoms with Crippen LogP contribution in [0, 0.1) is 5.41 Å². The van der Waals surface area contributed by atoms with Crippen LogP contribution in [-0.2, 0) is 43.2 Å². The van der Waals surface area contributed by atoms with Crippen molar-refractivity contribution >= 4 is 69.2 Å². The Morgan fingerprint density at radius 2 is 1.82 bits per heavy atom. The average molecular weight is 838 g/mol. The van der Waals surface area contributed by atoms with Crippen molar-refractivity contribution in [2.75, 3.05) is 20.3 Å². The Labute approximate surface area is 357 Å². The van der Waals surface area contributed by atoms with Gasteiger partial charge in [0.1, 0.15) is 17.8 Å². The predicted molar refractivity (Wildman–Crippen MR) is 241 cm³/mol. The molecule has 2 aliphatic rings. The predicted octanol–water partition coefficient (Wildman–Crippen LogP) is 7.15. The smallest absolute Gasteiger partial charge is 0.324 e. The van der Waals surface area contributed by atoms with Crippen LogP contribution in [0.1, 0.15) is 84.2 Å². The standard InChI is InChI=1S/C43H53N5O6.3H2S/c1-9-47-37-15-14-29-22-33(37)34(39(47)32-12-10-16-44-38(32)27(5)53-8)23-43(6,7)24-54-42(52)35-13-11-17-48(46-35)41(51)36(45-40(50)26(4)25(2)3)20-28-18-30(29)21-31(49)19-28;;;/h10,12,14-16,18-19,21-22,27,35-36,46,49H,9,11,13,17,20,23-24H2,1-8H3,(H,45,50);3*1H2/t27-,35-,36-;;;/m0.../s1. The summed E-state index contributed by atoms with van der Waals surface area (Å²) in [7, 11) is 1.68. The lowest BCUT2D eigenvalue weighted by atomic mass is 9.84. The molecule has 3 atom stereocenters. The van der Waals surface area contributed by atoms with Crippen molar-refractivity contribution in [3.8, 4) is 28.1 Å². The van der Waals surface area contributed by atoms with E-state index in [0.717, 1.165) is 50.1 Å². The monoisotopic (exact) mass is 837 g/mol. The van der Waals surface area contributed by atoms with Gasteiger partial charge in [-0.15, -0.1) is 0 Å². The highest BCUT2D eigenvalue weighted by Crippen LogP contribution is 2.42. The third kappa shape index (κ3) is 10.2. The van der Waals surface area contributed by atoms with Gasteiger partial charge in [0.15, 0.2) is 0 Å². The second-order valence-corrected chi connectivity index (χ2v) is 15.6. The van der Waals surface area contributed by atoms with E-state index in [-0.39, 0.29) is 77.2 Å². The van der Waals surface area contributed by atoms with Gasteiger partial charge >= 0.3 is 5.97 Å². The number of ether oxygens (including phenoxy) is 2. The van der Waals surface area contributed by atoms with E-state index in [1.807, 2.05) is 39.0 Å². The Hall–Kier alpha value is -3.95. The quantitative estimate of drug-likeness (QED) is 0.138. The van der Waals surface area contributed by atoms with E-state index >= 15 is 0 Å². The number of esters is 1. The molecule has 4 aromatic rings. The molecule has 2 aromatic heterocycles. The molecule has 57 heavy (non-hydrogen) atoms. The maximum Gasteiger partial charge on any atom is 0.324 e. The maximum atomic E-state index is 14.2. The Morgan fingerprint density at radius 3 is 2.51 bits per heavy atom. The molecule has 11 nitrogen and oxygen atoms in total. The summed E-state index contributed by atoms with van der Waals surface area (Å²) in [6.45, 7) is 15.0. The molecule has 0 spiro atoms. The van der Waals surface area contributed by atoms with E-state index < -0.39 is 23.5 Å². The van der Waals surface area contributed by atoms with Crippen molar-refractivity contribution in [3.63, 3.8) is 0 Å². The van der Waals surface area contributed by atoms with Crippen molar-refractivity contribution in [2.24, 2.45) is 5.41 Å². The molecule has 0 radical (unpaired) electrons. The number of hydrogen-bond acceptors (Lipinski definition) is 8. The maximum absolute atomic E-state index is 14.2. The number of nitrogens with zero attached hydrogens (tertiary/aromatic N) is 3. The second kappa shape index (κ2) is 19.7. The SMILES string of the molecule is CCn1c(-c2cccnc2[C@H](C)OC)c2c3cc(ccc31)-c1cc(O)cc(c1)C[C@H](NC(=O)C(C)=C(C)C)C(=O)N1CCC[C@H](N1)C(=O)OCC(C)(C)C2.S.S.S. The minimum Gasteiger partial charge on any atom is -0.508 e. The number of amides is 2. The van der Waals surface area contributed by atoms with Gasteiger partial charge in [-0.05, 0) is 113 Å². The summed E-state index contributed by atoms with van der Waals surface area (Å²) >= 11 is 0. The fraction of sp³-hybridized carbons (Fsp3) is 0.442. The zero-order valence-corrected chi connectivity index (χ0v) is 37.2. The largest absolute Gasteiger partial charge is 0.508 e. The summed E-state index contributed by atoms with van der Waals surface area (Å²) in [5.41, 5.74) is 11.3. The van der Waals surface area contributed by atoms with Gasteiger partial charge in [-0.1, -0.05) is 31.6 Å². The molecule has 1 saturated heterocycles. The van der Waals surface area contributed by atoms with Crippen LogP contribution in [0.4, 0.5) is 0 Å². The normalized spacial score (nSPS) is 18.5. The van der Waals surface area contributed by atoms with Gasteiger partial charge in [-0.3, -0.25) is 24.4 Å². The van der Waals surface area contributed by atoms with Crippen LogP contribution < -0.4 is 10.7 Å². The molecule has 2 amide bonds. The molecule has 14 heteroatoms. The first-order valence-electron chi connectivity index (χ1n) is 18.9. The van der Waals surface area contributed by atoms with Crippen molar-refractivity contribution in [1.29, 1.82) is 0 Å². The highest BCUT2D eigenvalue weighted by molar-refractivity contribution is 7.59. The highest BCUT2D eigenvalue weighted by atomic mass is 32.1. The number of aromatic nitrogens is 2.